The number of nitrogens with zero attached hydrogens (tertiary/aromatic N) is 1. The summed E-state index contributed by atoms with van der Waals surface area (Å²) in [6.45, 7) is 8.46. The van der Waals surface area contributed by atoms with Crippen LogP contribution in [0.4, 0.5) is 0 Å². The standard InChI is InChI=1S/C14H25BrN2O3.CH3Cl/c1-5-7-13(20-9-6-8-19-4)10-12(15)11-17(16)14(2,3)18;1-2/h5,7,10,18H,1,6,8-9,11,16H2,2-4H3;1H3/b12-10-,13-7+;. The average Bonchev–Trinajstić information content (AvgIpc) is 2.44. The van der Waals surface area contributed by atoms with Crippen molar-refractivity contribution in [2.24, 2.45) is 5.84 Å². The highest BCUT2D eigenvalue weighted by Gasteiger charge is 2.20. The van der Waals surface area contributed by atoms with Gasteiger partial charge in [-0.15, -0.1) is 11.6 Å². The molecule has 0 aliphatic carbocycles. The van der Waals surface area contributed by atoms with Crippen molar-refractivity contribution in [2.75, 3.05) is 33.3 Å². The number of hydrogen-bond acceptors (Lipinski definition) is 5. The predicted octanol–water partition coefficient (Wildman–Crippen LogP) is 3.15. The zero-order valence-corrected chi connectivity index (χ0v) is 16.2. The molecule has 0 rings (SSSR count). The molecular formula is C15H28BrClN2O3. The number of methoxy groups -OCH3 is 1. The summed E-state index contributed by atoms with van der Waals surface area (Å²) in [4.78, 5) is 0. The molecule has 0 aromatic heterocycles. The van der Waals surface area contributed by atoms with Gasteiger partial charge >= 0.3 is 0 Å². The molecule has 0 saturated heterocycles. The van der Waals surface area contributed by atoms with Crippen molar-refractivity contribution in [3.63, 3.8) is 0 Å². The normalized spacial score (nSPS) is 12.8. The predicted molar refractivity (Wildman–Crippen MR) is 96.7 cm³/mol. The van der Waals surface area contributed by atoms with Gasteiger partial charge in [-0.05, 0) is 26.0 Å². The molecule has 0 aromatic carbocycles. The topological polar surface area (TPSA) is 68.0 Å². The maximum Gasteiger partial charge on any atom is 0.125 e. The van der Waals surface area contributed by atoms with E-state index in [9.17, 15) is 5.11 Å². The maximum absolute atomic E-state index is 9.75. The fraction of sp³-hybridized carbons (Fsp3) is 0.600. The zero-order chi connectivity index (χ0) is 17.6. The van der Waals surface area contributed by atoms with Gasteiger partial charge in [-0.2, -0.15) is 0 Å². The van der Waals surface area contributed by atoms with Crippen LogP contribution in [0.1, 0.15) is 20.3 Å². The molecule has 0 spiro atoms. The molecule has 0 bridgehead atoms. The van der Waals surface area contributed by atoms with E-state index < -0.39 is 5.72 Å². The third-order valence-corrected chi connectivity index (χ3v) is 2.85. The summed E-state index contributed by atoms with van der Waals surface area (Å²) < 4.78 is 11.4. The molecule has 0 heterocycles. The molecule has 0 amide bonds. The van der Waals surface area contributed by atoms with Gasteiger partial charge in [-0.3, -0.25) is 5.84 Å². The van der Waals surface area contributed by atoms with E-state index in [2.05, 4.69) is 34.1 Å². The molecule has 0 radical (unpaired) electrons. The van der Waals surface area contributed by atoms with E-state index in [-0.39, 0.29) is 0 Å². The van der Waals surface area contributed by atoms with Gasteiger partial charge in [0.2, 0.25) is 0 Å². The van der Waals surface area contributed by atoms with Crippen molar-refractivity contribution in [3.8, 4) is 0 Å². The third-order valence-electron chi connectivity index (χ3n) is 2.37. The SMILES string of the molecule is C=C/C=C(\C=C(/Br)CN(N)C(C)(C)O)OCCCOC.CCl. The number of ether oxygens (including phenoxy) is 2. The van der Waals surface area contributed by atoms with E-state index in [0.717, 1.165) is 10.9 Å². The van der Waals surface area contributed by atoms with Crippen molar-refractivity contribution in [3.05, 3.63) is 35.0 Å². The molecule has 130 valence electrons. The van der Waals surface area contributed by atoms with Gasteiger partial charge in [0.25, 0.3) is 0 Å². The zero-order valence-electron chi connectivity index (χ0n) is 13.8. The molecule has 22 heavy (non-hydrogen) atoms. The van der Waals surface area contributed by atoms with Crippen molar-refractivity contribution in [1.82, 2.24) is 5.01 Å². The minimum Gasteiger partial charge on any atom is -0.493 e. The summed E-state index contributed by atoms with van der Waals surface area (Å²) in [5, 5.41) is 11.1. The van der Waals surface area contributed by atoms with E-state index >= 15 is 0 Å². The van der Waals surface area contributed by atoms with Crippen LogP contribution in [0.15, 0.2) is 35.0 Å². The van der Waals surface area contributed by atoms with Crippen LogP contribution in [0.3, 0.4) is 0 Å². The number of alkyl halides is 1. The van der Waals surface area contributed by atoms with Crippen molar-refractivity contribution in [2.45, 2.75) is 26.0 Å². The van der Waals surface area contributed by atoms with Gasteiger partial charge < -0.3 is 14.6 Å². The number of aliphatic hydroxyl groups is 1. The van der Waals surface area contributed by atoms with Crippen molar-refractivity contribution < 1.29 is 14.6 Å². The van der Waals surface area contributed by atoms with Crippen LogP contribution < -0.4 is 5.84 Å². The number of nitrogens with two attached hydrogens (primary N) is 1. The van der Waals surface area contributed by atoms with Gasteiger partial charge in [0, 0.05) is 37.5 Å². The highest BCUT2D eigenvalue weighted by Crippen LogP contribution is 2.15. The second kappa shape index (κ2) is 14.2. The van der Waals surface area contributed by atoms with Gasteiger partial charge in [0.1, 0.15) is 11.5 Å². The summed E-state index contributed by atoms with van der Waals surface area (Å²) in [5.41, 5.74) is -1.09. The van der Waals surface area contributed by atoms with Crippen LogP contribution in [0.5, 0.6) is 0 Å². The van der Waals surface area contributed by atoms with Gasteiger partial charge in [0.05, 0.1) is 6.61 Å². The Morgan fingerprint density at radius 3 is 2.45 bits per heavy atom. The first-order chi connectivity index (χ1) is 10.3. The summed E-state index contributed by atoms with van der Waals surface area (Å²) in [6.07, 6.45) is 7.50. The summed E-state index contributed by atoms with van der Waals surface area (Å²) in [5.74, 6) is 6.43. The number of hydrogen-bond donors (Lipinski definition) is 2. The van der Waals surface area contributed by atoms with Crippen LogP contribution in [-0.4, -0.2) is 49.1 Å². The lowest BCUT2D eigenvalue weighted by molar-refractivity contribution is -0.0736. The first kappa shape index (κ1) is 23.9. The summed E-state index contributed by atoms with van der Waals surface area (Å²) in [6, 6.07) is 0. The Bertz CT molecular complexity index is 355. The minimum absolute atomic E-state index is 0.361. The van der Waals surface area contributed by atoms with Crippen LogP contribution in [0, 0.1) is 0 Å². The number of rotatable bonds is 10. The van der Waals surface area contributed by atoms with Gasteiger partial charge in [-0.25, -0.2) is 5.01 Å². The van der Waals surface area contributed by atoms with E-state index in [0.29, 0.717) is 25.5 Å². The summed E-state index contributed by atoms with van der Waals surface area (Å²) in [7, 11) is 1.66. The van der Waals surface area contributed by atoms with Crippen LogP contribution >= 0.6 is 27.5 Å². The Kier molecular flexibility index (Phi) is 15.5. The van der Waals surface area contributed by atoms with Crippen LogP contribution in [0.25, 0.3) is 0 Å². The lowest BCUT2D eigenvalue weighted by Crippen LogP contribution is -2.49. The second-order valence-electron chi connectivity index (χ2n) is 4.71. The highest BCUT2D eigenvalue weighted by molar-refractivity contribution is 9.11. The summed E-state index contributed by atoms with van der Waals surface area (Å²) >= 11 is 8.05. The number of halogens is 2. The number of hydrazine groups is 1. The Morgan fingerprint density at radius 2 is 2.00 bits per heavy atom. The lowest BCUT2D eigenvalue weighted by atomic mass is 10.3. The molecule has 0 fully saturated rings. The monoisotopic (exact) mass is 398 g/mol. The molecule has 0 aliphatic heterocycles. The first-order valence-electron chi connectivity index (χ1n) is 6.74. The Hall–Kier alpha value is -0.370. The fourth-order valence-corrected chi connectivity index (χ4v) is 1.70. The maximum atomic E-state index is 9.75. The lowest BCUT2D eigenvalue weighted by Gasteiger charge is -2.29. The first-order valence-corrected chi connectivity index (χ1v) is 8.29. The minimum atomic E-state index is -1.09. The molecule has 0 saturated carbocycles. The van der Waals surface area contributed by atoms with Crippen molar-refractivity contribution in [1.29, 1.82) is 0 Å². The quantitative estimate of drug-likeness (QED) is 0.112. The fourth-order valence-electron chi connectivity index (χ4n) is 1.20. The highest BCUT2D eigenvalue weighted by atomic mass is 79.9. The molecule has 5 nitrogen and oxygen atoms in total. The molecule has 7 heteroatoms. The van der Waals surface area contributed by atoms with Crippen molar-refractivity contribution >= 4 is 27.5 Å². The largest absolute Gasteiger partial charge is 0.493 e. The number of allylic oxidation sites excluding steroid dienone is 3. The molecule has 0 unspecified atom stereocenters. The van der Waals surface area contributed by atoms with Gasteiger partial charge in [0.15, 0.2) is 0 Å². The van der Waals surface area contributed by atoms with Gasteiger partial charge in [-0.1, -0.05) is 28.6 Å². The van der Waals surface area contributed by atoms with E-state index in [1.807, 2.05) is 0 Å². The average molecular weight is 400 g/mol. The van der Waals surface area contributed by atoms with Crippen LogP contribution in [-0.2, 0) is 9.47 Å². The molecule has 3 N–H and O–H groups in total. The van der Waals surface area contributed by atoms with E-state index in [4.69, 9.17) is 15.3 Å². The van der Waals surface area contributed by atoms with E-state index in [1.165, 1.54) is 11.4 Å². The molecule has 0 aliphatic rings. The smallest absolute Gasteiger partial charge is 0.125 e. The Morgan fingerprint density at radius 1 is 1.41 bits per heavy atom. The molecule has 0 aromatic rings. The Balaban J connectivity index is 0. The van der Waals surface area contributed by atoms with Crippen LogP contribution in [0.2, 0.25) is 0 Å². The molecular weight excluding hydrogens is 372 g/mol. The third kappa shape index (κ3) is 13.3. The second-order valence-corrected chi connectivity index (χ2v) is 5.73. The molecule has 0 atom stereocenters. The van der Waals surface area contributed by atoms with E-state index in [1.54, 1.807) is 39.2 Å². The Labute approximate surface area is 147 Å².